The molecule has 1 saturated carbocycles. The van der Waals surface area contributed by atoms with E-state index in [0.29, 0.717) is 12.6 Å². The third-order valence-electron chi connectivity index (χ3n) is 3.89. The zero-order valence-electron chi connectivity index (χ0n) is 11.5. The molecule has 1 fully saturated rings. The molecular weight excluding hydrogens is 222 g/mol. The molecule has 2 nitrogen and oxygen atoms in total. The Labute approximate surface area is 110 Å². The van der Waals surface area contributed by atoms with Crippen molar-refractivity contribution in [3.8, 4) is 0 Å². The molecule has 1 aromatic carbocycles. The number of nitrogens with one attached hydrogen (secondary N) is 1. The van der Waals surface area contributed by atoms with Gasteiger partial charge in [0.05, 0.1) is 5.60 Å². The maximum atomic E-state index is 10.5. The second-order valence-corrected chi connectivity index (χ2v) is 5.75. The first kappa shape index (κ1) is 13.6. The number of rotatable bonds is 7. The zero-order chi connectivity index (χ0) is 13.0. The Hall–Kier alpha value is -0.860. The van der Waals surface area contributed by atoms with Gasteiger partial charge in [0.25, 0.3) is 0 Å². The summed E-state index contributed by atoms with van der Waals surface area (Å²) >= 11 is 0. The van der Waals surface area contributed by atoms with Crippen LogP contribution in [-0.4, -0.2) is 17.7 Å². The van der Waals surface area contributed by atoms with Gasteiger partial charge in [-0.05, 0) is 37.7 Å². The number of hydrogen-bond acceptors (Lipinski definition) is 2. The second-order valence-electron chi connectivity index (χ2n) is 5.75. The Morgan fingerprint density at radius 1 is 1.33 bits per heavy atom. The Kier molecular flexibility index (Phi) is 4.41. The van der Waals surface area contributed by atoms with E-state index in [9.17, 15) is 5.11 Å². The normalized spacial score (nSPS) is 20.4. The molecule has 2 unspecified atom stereocenters. The average molecular weight is 247 g/mol. The molecule has 18 heavy (non-hydrogen) atoms. The maximum Gasteiger partial charge on any atom is 0.0992 e. The van der Waals surface area contributed by atoms with Gasteiger partial charge in [0.1, 0.15) is 0 Å². The van der Waals surface area contributed by atoms with Gasteiger partial charge in [-0.15, -0.1) is 0 Å². The lowest BCUT2D eigenvalue weighted by Gasteiger charge is -2.28. The monoisotopic (exact) mass is 247 g/mol. The van der Waals surface area contributed by atoms with Crippen molar-refractivity contribution >= 4 is 0 Å². The van der Waals surface area contributed by atoms with Crippen molar-refractivity contribution in [2.75, 3.05) is 6.54 Å². The molecule has 0 aromatic heterocycles. The molecule has 2 N–H and O–H groups in total. The highest BCUT2D eigenvalue weighted by Crippen LogP contribution is 2.34. The van der Waals surface area contributed by atoms with Crippen LogP contribution in [0.1, 0.15) is 45.1 Å². The van der Waals surface area contributed by atoms with E-state index in [2.05, 4.69) is 12.2 Å². The van der Waals surface area contributed by atoms with Crippen LogP contribution in [0, 0.1) is 5.92 Å². The first-order chi connectivity index (χ1) is 8.63. The standard InChI is InChI=1S/C16H25NO/c1-3-7-15(13-10-11-13)17-12-16(2,18)14-8-5-4-6-9-14/h4-6,8-9,13,15,17-18H,3,7,10-12H2,1-2H3. The highest BCUT2D eigenvalue weighted by Gasteiger charge is 2.32. The smallest absolute Gasteiger partial charge is 0.0992 e. The second kappa shape index (κ2) is 5.85. The Morgan fingerprint density at radius 2 is 2.00 bits per heavy atom. The molecular formula is C16H25NO. The fourth-order valence-electron chi connectivity index (χ4n) is 2.54. The summed E-state index contributed by atoms with van der Waals surface area (Å²) in [6.07, 6.45) is 5.13. The lowest BCUT2D eigenvalue weighted by atomic mass is 9.95. The zero-order valence-corrected chi connectivity index (χ0v) is 11.5. The van der Waals surface area contributed by atoms with Crippen LogP contribution < -0.4 is 5.32 Å². The van der Waals surface area contributed by atoms with Gasteiger partial charge in [-0.1, -0.05) is 43.7 Å². The number of benzene rings is 1. The molecule has 2 heteroatoms. The summed E-state index contributed by atoms with van der Waals surface area (Å²) in [7, 11) is 0. The van der Waals surface area contributed by atoms with Gasteiger partial charge in [-0.2, -0.15) is 0 Å². The van der Waals surface area contributed by atoms with E-state index in [-0.39, 0.29) is 0 Å². The van der Waals surface area contributed by atoms with Gasteiger partial charge in [-0.25, -0.2) is 0 Å². The Balaban J connectivity index is 1.91. The molecule has 100 valence electrons. The third kappa shape index (κ3) is 3.56. The molecule has 2 rings (SSSR count). The van der Waals surface area contributed by atoms with Crippen LogP contribution >= 0.6 is 0 Å². The van der Waals surface area contributed by atoms with Gasteiger partial charge in [0.2, 0.25) is 0 Å². The van der Waals surface area contributed by atoms with Crippen molar-refractivity contribution in [3.63, 3.8) is 0 Å². The molecule has 0 spiro atoms. The molecule has 1 aromatic rings. The van der Waals surface area contributed by atoms with Crippen LogP contribution in [0.5, 0.6) is 0 Å². The van der Waals surface area contributed by atoms with Gasteiger partial charge < -0.3 is 10.4 Å². The fourth-order valence-corrected chi connectivity index (χ4v) is 2.54. The highest BCUT2D eigenvalue weighted by molar-refractivity contribution is 5.21. The summed E-state index contributed by atoms with van der Waals surface area (Å²) in [6, 6.07) is 10.5. The van der Waals surface area contributed by atoms with Crippen LogP contribution in [0.4, 0.5) is 0 Å². The largest absolute Gasteiger partial charge is 0.384 e. The van der Waals surface area contributed by atoms with E-state index in [1.54, 1.807) is 0 Å². The topological polar surface area (TPSA) is 32.3 Å². The lowest BCUT2D eigenvalue weighted by molar-refractivity contribution is 0.0525. The van der Waals surface area contributed by atoms with Crippen molar-refractivity contribution in [2.24, 2.45) is 5.92 Å². The van der Waals surface area contributed by atoms with Crippen LogP contribution in [0.2, 0.25) is 0 Å². The van der Waals surface area contributed by atoms with E-state index in [1.165, 1.54) is 25.7 Å². The van der Waals surface area contributed by atoms with Crippen molar-refractivity contribution < 1.29 is 5.11 Å². The van der Waals surface area contributed by atoms with E-state index in [4.69, 9.17) is 0 Å². The Morgan fingerprint density at radius 3 is 2.56 bits per heavy atom. The summed E-state index contributed by atoms with van der Waals surface area (Å²) in [5.74, 6) is 0.844. The predicted octanol–water partition coefficient (Wildman–Crippen LogP) is 3.06. The van der Waals surface area contributed by atoms with Gasteiger partial charge in [0.15, 0.2) is 0 Å². The molecule has 2 atom stereocenters. The molecule has 0 amide bonds. The molecule has 0 aliphatic heterocycles. The minimum absolute atomic E-state index is 0.588. The van der Waals surface area contributed by atoms with Crippen molar-refractivity contribution in [1.29, 1.82) is 0 Å². The van der Waals surface area contributed by atoms with Crippen molar-refractivity contribution in [2.45, 2.75) is 51.2 Å². The van der Waals surface area contributed by atoms with E-state index in [0.717, 1.165) is 11.5 Å². The lowest BCUT2D eigenvalue weighted by Crippen LogP contribution is -2.41. The third-order valence-corrected chi connectivity index (χ3v) is 3.89. The molecule has 0 heterocycles. The minimum Gasteiger partial charge on any atom is -0.384 e. The molecule has 1 aliphatic carbocycles. The summed E-state index contributed by atoms with van der Waals surface area (Å²) in [5, 5.41) is 14.1. The minimum atomic E-state index is -0.776. The Bertz CT molecular complexity index is 357. The summed E-state index contributed by atoms with van der Waals surface area (Å²) in [5.41, 5.74) is 0.214. The molecule has 0 bridgehead atoms. The average Bonchev–Trinajstić information content (AvgIpc) is 3.20. The van der Waals surface area contributed by atoms with Crippen LogP contribution in [-0.2, 0) is 5.60 Å². The quantitative estimate of drug-likeness (QED) is 0.776. The predicted molar refractivity (Wildman–Crippen MR) is 75.4 cm³/mol. The first-order valence-corrected chi connectivity index (χ1v) is 7.15. The maximum absolute atomic E-state index is 10.5. The molecule has 1 aliphatic rings. The highest BCUT2D eigenvalue weighted by atomic mass is 16.3. The van der Waals surface area contributed by atoms with E-state index < -0.39 is 5.60 Å². The van der Waals surface area contributed by atoms with Gasteiger partial charge in [0, 0.05) is 12.6 Å². The SMILES string of the molecule is CCCC(NCC(C)(O)c1ccccc1)C1CC1. The van der Waals surface area contributed by atoms with E-state index in [1.807, 2.05) is 37.3 Å². The van der Waals surface area contributed by atoms with Crippen molar-refractivity contribution in [3.05, 3.63) is 35.9 Å². The van der Waals surface area contributed by atoms with E-state index >= 15 is 0 Å². The van der Waals surface area contributed by atoms with Crippen molar-refractivity contribution in [1.82, 2.24) is 5.32 Å². The van der Waals surface area contributed by atoms with Crippen LogP contribution in [0.25, 0.3) is 0 Å². The van der Waals surface area contributed by atoms with Crippen LogP contribution in [0.15, 0.2) is 30.3 Å². The summed E-state index contributed by atoms with van der Waals surface area (Å²) in [4.78, 5) is 0. The van der Waals surface area contributed by atoms with Gasteiger partial charge >= 0.3 is 0 Å². The molecule has 0 radical (unpaired) electrons. The molecule has 0 saturated heterocycles. The van der Waals surface area contributed by atoms with Crippen LogP contribution in [0.3, 0.4) is 0 Å². The first-order valence-electron chi connectivity index (χ1n) is 7.15. The number of aliphatic hydroxyl groups is 1. The summed E-state index contributed by atoms with van der Waals surface area (Å²) < 4.78 is 0. The number of hydrogen-bond donors (Lipinski definition) is 2. The summed E-state index contributed by atoms with van der Waals surface area (Å²) in [6.45, 7) is 4.76. The van der Waals surface area contributed by atoms with Gasteiger partial charge in [-0.3, -0.25) is 0 Å². The fraction of sp³-hybridized carbons (Fsp3) is 0.625.